The minimum Gasteiger partial charge on any atom is -0.385 e. The molecule has 76 valence electrons. The lowest BCUT2D eigenvalue weighted by molar-refractivity contribution is 0.765. The molecule has 1 aliphatic heterocycles. The van der Waals surface area contributed by atoms with Gasteiger partial charge in [-0.15, -0.1) is 0 Å². The SMILES string of the molecule is CCCCc1cccc2c1CCCN2. The summed E-state index contributed by atoms with van der Waals surface area (Å²) >= 11 is 0. The Hall–Kier alpha value is -0.980. The van der Waals surface area contributed by atoms with E-state index in [1.165, 1.54) is 37.8 Å². The first-order valence-corrected chi connectivity index (χ1v) is 5.76. The number of fused-ring (bicyclic) bond motifs is 1. The van der Waals surface area contributed by atoms with E-state index in [0.29, 0.717) is 0 Å². The van der Waals surface area contributed by atoms with Gasteiger partial charge in [-0.3, -0.25) is 0 Å². The molecule has 1 heteroatoms. The fourth-order valence-electron chi connectivity index (χ4n) is 2.19. The third-order valence-electron chi connectivity index (χ3n) is 2.99. The summed E-state index contributed by atoms with van der Waals surface area (Å²) in [6.07, 6.45) is 6.41. The molecular weight excluding hydrogens is 170 g/mol. The highest BCUT2D eigenvalue weighted by Gasteiger charge is 2.11. The third kappa shape index (κ3) is 1.92. The van der Waals surface area contributed by atoms with Crippen molar-refractivity contribution in [2.24, 2.45) is 0 Å². The van der Waals surface area contributed by atoms with Gasteiger partial charge in [0.1, 0.15) is 0 Å². The molecule has 1 aromatic carbocycles. The van der Waals surface area contributed by atoms with E-state index in [9.17, 15) is 0 Å². The Kier molecular flexibility index (Phi) is 3.07. The average Bonchev–Trinajstić information content (AvgIpc) is 2.26. The van der Waals surface area contributed by atoms with Gasteiger partial charge < -0.3 is 5.32 Å². The van der Waals surface area contributed by atoms with Gasteiger partial charge in [0.25, 0.3) is 0 Å². The maximum Gasteiger partial charge on any atom is 0.0375 e. The zero-order chi connectivity index (χ0) is 9.80. The Bertz CT molecular complexity index is 304. The Morgan fingerprint density at radius 1 is 1.36 bits per heavy atom. The predicted molar refractivity (Wildman–Crippen MR) is 61.9 cm³/mol. The number of benzene rings is 1. The molecule has 0 saturated heterocycles. The zero-order valence-corrected chi connectivity index (χ0v) is 8.97. The van der Waals surface area contributed by atoms with Gasteiger partial charge in [0.05, 0.1) is 0 Å². The Morgan fingerprint density at radius 3 is 3.14 bits per heavy atom. The summed E-state index contributed by atoms with van der Waals surface area (Å²) in [7, 11) is 0. The smallest absolute Gasteiger partial charge is 0.0375 e. The van der Waals surface area contributed by atoms with Crippen LogP contribution in [0.25, 0.3) is 0 Å². The molecule has 0 aromatic heterocycles. The second-order valence-corrected chi connectivity index (χ2v) is 4.08. The molecule has 0 spiro atoms. The first-order chi connectivity index (χ1) is 6.92. The topological polar surface area (TPSA) is 12.0 Å². The van der Waals surface area contributed by atoms with E-state index >= 15 is 0 Å². The minimum atomic E-state index is 1.14. The Morgan fingerprint density at radius 2 is 2.29 bits per heavy atom. The molecule has 1 aromatic rings. The highest BCUT2D eigenvalue weighted by Crippen LogP contribution is 2.26. The van der Waals surface area contributed by atoms with Crippen LogP contribution in [0.1, 0.15) is 37.3 Å². The summed E-state index contributed by atoms with van der Waals surface area (Å²) in [5.74, 6) is 0. The van der Waals surface area contributed by atoms with Gasteiger partial charge in [0, 0.05) is 12.2 Å². The summed E-state index contributed by atoms with van der Waals surface area (Å²) < 4.78 is 0. The second-order valence-electron chi connectivity index (χ2n) is 4.08. The first kappa shape index (κ1) is 9.57. The lowest BCUT2D eigenvalue weighted by Gasteiger charge is -2.20. The van der Waals surface area contributed by atoms with Crippen molar-refractivity contribution in [2.45, 2.75) is 39.0 Å². The molecule has 0 saturated carbocycles. The summed E-state index contributed by atoms with van der Waals surface area (Å²) in [6, 6.07) is 6.69. The predicted octanol–water partition coefficient (Wildman–Crippen LogP) is 3.39. The first-order valence-electron chi connectivity index (χ1n) is 5.76. The monoisotopic (exact) mass is 189 g/mol. The number of rotatable bonds is 3. The highest BCUT2D eigenvalue weighted by molar-refractivity contribution is 5.56. The molecule has 0 amide bonds. The van der Waals surface area contributed by atoms with Gasteiger partial charge in [0.2, 0.25) is 0 Å². The number of aryl methyl sites for hydroxylation is 1. The fourth-order valence-corrected chi connectivity index (χ4v) is 2.19. The lowest BCUT2D eigenvalue weighted by atomic mass is 9.95. The fraction of sp³-hybridized carbons (Fsp3) is 0.538. The largest absolute Gasteiger partial charge is 0.385 e. The molecule has 14 heavy (non-hydrogen) atoms. The molecule has 1 N–H and O–H groups in total. The van der Waals surface area contributed by atoms with Crippen LogP contribution in [0.15, 0.2) is 18.2 Å². The maximum absolute atomic E-state index is 3.48. The quantitative estimate of drug-likeness (QED) is 0.768. The van der Waals surface area contributed by atoms with Crippen molar-refractivity contribution in [3.63, 3.8) is 0 Å². The van der Waals surface area contributed by atoms with Gasteiger partial charge >= 0.3 is 0 Å². The molecule has 1 aliphatic rings. The zero-order valence-electron chi connectivity index (χ0n) is 8.97. The summed E-state index contributed by atoms with van der Waals surface area (Å²) in [4.78, 5) is 0. The molecule has 0 aliphatic carbocycles. The van der Waals surface area contributed by atoms with E-state index in [4.69, 9.17) is 0 Å². The molecule has 0 unspecified atom stereocenters. The number of nitrogens with one attached hydrogen (secondary N) is 1. The van der Waals surface area contributed by atoms with Gasteiger partial charge in [0.15, 0.2) is 0 Å². The number of hydrogen-bond acceptors (Lipinski definition) is 1. The maximum atomic E-state index is 3.48. The Balaban J connectivity index is 2.21. The second kappa shape index (κ2) is 4.50. The van der Waals surface area contributed by atoms with Crippen LogP contribution in [0.4, 0.5) is 5.69 Å². The molecule has 0 radical (unpaired) electrons. The van der Waals surface area contributed by atoms with Crippen LogP contribution in [0, 0.1) is 0 Å². The van der Waals surface area contributed by atoms with Crippen molar-refractivity contribution in [3.8, 4) is 0 Å². The van der Waals surface area contributed by atoms with Crippen LogP contribution < -0.4 is 5.32 Å². The van der Waals surface area contributed by atoms with Crippen molar-refractivity contribution in [3.05, 3.63) is 29.3 Å². The van der Waals surface area contributed by atoms with Gasteiger partial charge in [-0.1, -0.05) is 25.5 Å². The van der Waals surface area contributed by atoms with Crippen LogP contribution in [0.3, 0.4) is 0 Å². The highest BCUT2D eigenvalue weighted by atomic mass is 14.9. The van der Waals surface area contributed by atoms with Crippen LogP contribution in [-0.4, -0.2) is 6.54 Å². The lowest BCUT2D eigenvalue weighted by Crippen LogP contribution is -2.13. The molecular formula is C13H19N. The van der Waals surface area contributed by atoms with E-state index in [-0.39, 0.29) is 0 Å². The van der Waals surface area contributed by atoms with Crippen molar-refractivity contribution < 1.29 is 0 Å². The van der Waals surface area contributed by atoms with E-state index < -0.39 is 0 Å². The third-order valence-corrected chi connectivity index (χ3v) is 2.99. The van der Waals surface area contributed by atoms with E-state index in [0.717, 1.165) is 6.54 Å². The molecule has 0 fully saturated rings. The van der Waals surface area contributed by atoms with E-state index in [2.05, 4.69) is 30.4 Å². The molecule has 1 heterocycles. The normalized spacial score (nSPS) is 14.6. The van der Waals surface area contributed by atoms with Gasteiger partial charge in [-0.2, -0.15) is 0 Å². The number of hydrogen-bond donors (Lipinski definition) is 1. The van der Waals surface area contributed by atoms with Gasteiger partial charge in [-0.05, 0) is 42.9 Å². The van der Waals surface area contributed by atoms with Crippen molar-refractivity contribution in [2.75, 3.05) is 11.9 Å². The van der Waals surface area contributed by atoms with E-state index in [1.54, 1.807) is 11.1 Å². The number of anilines is 1. The molecule has 2 rings (SSSR count). The number of unbranched alkanes of at least 4 members (excludes halogenated alkanes) is 1. The standard InChI is InChI=1S/C13H19N/c1-2-3-6-11-7-4-9-13-12(11)8-5-10-14-13/h4,7,9,14H,2-3,5-6,8,10H2,1H3. The summed E-state index contributed by atoms with van der Waals surface area (Å²) in [6.45, 7) is 3.40. The van der Waals surface area contributed by atoms with Crippen LogP contribution in [-0.2, 0) is 12.8 Å². The van der Waals surface area contributed by atoms with Crippen molar-refractivity contribution in [1.29, 1.82) is 0 Å². The molecule has 1 nitrogen and oxygen atoms in total. The van der Waals surface area contributed by atoms with Crippen molar-refractivity contribution >= 4 is 5.69 Å². The van der Waals surface area contributed by atoms with Crippen LogP contribution >= 0.6 is 0 Å². The van der Waals surface area contributed by atoms with Crippen LogP contribution in [0.5, 0.6) is 0 Å². The Labute approximate surface area is 86.5 Å². The minimum absolute atomic E-state index is 1.14. The van der Waals surface area contributed by atoms with Crippen LogP contribution in [0.2, 0.25) is 0 Å². The molecule has 0 atom stereocenters. The van der Waals surface area contributed by atoms with Crippen molar-refractivity contribution in [1.82, 2.24) is 0 Å². The van der Waals surface area contributed by atoms with Gasteiger partial charge in [-0.25, -0.2) is 0 Å². The van der Waals surface area contributed by atoms with E-state index in [1.807, 2.05) is 0 Å². The molecule has 0 bridgehead atoms. The summed E-state index contributed by atoms with van der Waals surface area (Å²) in [5.41, 5.74) is 4.52. The summed E-state index contributed by atoms with van der Waals surface area (Å²) in [5, 5.41) is 3.48. The average molecular weight is 189 g/mol.